The van der Waals surface area contributed by atoms with Crippen molar-refractivity contribution in [1.29, 1.82) is 0 Å². The number of aryl methyl sites for hydroxylation is 2. The number of ether oxygens (including phenoxy) is 2. The fourth-order valence-corrected chi connectivity index (χ4v) is 3.93. The summed E-state index contributed by atoms with van der Waals surface area (Å²) in [6.45, 7) is 4.63. The first-order chi connectivity index (χ1) is 11.0. The molecule has 0 radical (unpaired) electrons. The molecule has 0 saturated carbocycles. The Labute approximate surface area is 136 Å². The number of hydrogen-bond acceptors (Lipinski definition) is 4. The first-order valence-corrected chi connectivity index (χ1v) is 9.00. The Morgan fingerprint density at radius 1 is 1.09 bits per heavy atom. The molecule has 0 aromatic heterocycles. The molecule has 1 heterocycles. The van der Waals surface area contributed by atoms with Gasteiger partial charge in [-0.2, -0.15) is 0 Å². The van der Waals surface area contributed by atoms with E-state index in [4.69, 9.17) is 9.47 Å². The van der Waals surface area contributed by atoms with Crippen molar-refractivity contribution in [1.82, 2.24) is 0 Å². The maximum atomic E-state index is 12.8. The second-order valence-corrected chi connectivity index (χ2v) is 7.03. The highest BCUT2D eigenvalue weighted by Gasteiger charge is 2.23. The Morgan fingerprint density at radius 3 is 2.43 bits per heavy atom. The molecule has 0 amide bonds. The van der Waals surface area contributed by atoms with E-state index in [1.165, 1.54) is 6.07 Å². The fourth-order valence-electron chi connectivity index (χ4n) is 2.59. The highest BCUT2D eigenvalue weighted by molar-refractivity contribution is 7.92. The van der Waals surface area contributed by atoms with E-state index in [1.807, 2.05) is 25.1 Å². The van der Waals surface area contributed by atoms with Crippen LogP contribution in [0.1, 0.15) is 18.1 Å². The van der Waals surface area contributed by atoms with Gasteiger partial charge < -0.3 is 9.47 Å². The lowest BCUT2D eigenvalue weighted by Gasteiger charge is -2.20. The molecule has 1 aliphatic heterocycles. The van der Waals surface area contributed by atoms with Crippen molar-refractivity contribution >= 4 is 15.7 Å². The van der Waals surface area contributed by atoms with Crippen LogP contribution in [0.3, 0.4) is 0 Å². The van der Waals surface area contributed by atoms with Gasteiger partial charge in [-0.05, 0) is 36.6 Å². The summed E-state index contributed by atoms with van der Waals surface area (Å²) in [5.74, 6) is 1.05. The third-order valence-electron chi connectivity index (χ3n) is 3.77. The summed E-state index contributed by atoms with van der Waals surface area (Å²) in [5, 5.41) is 0. The van der Waals surface area contributed by atoms with Gasteiger partial charge >= 0.3 is 0 Å². The molecule has 5 nitrogen and oxygen atoms in total. The maximum Gasteiger partial charge on any atom is 0.262 e. The van der Waals surface area contributed by atoms with Gasteiger partial charge in [0.2, 0.25) is 0 Å². The van der Waals surface area contributed by atoms with E-state index in [1.54, 1.807) is 19.1 Å². The molecule has 3 rings (SSSR count). The molecule has 2 aromatic carbocycles. The van der Waals surface area contributed by atoms with Crippen LogP contribution in [0.5, 0.6) is 11.5 Å². The predicted octanol–water partition coefficient (Wildman–Crippen LogP) is 3.13. The van der Waals surface area contributed by atoms with Crippen LogP contribution in [0.2, 0.25) is 0 Å². The largest absolute Gasteiger partial charge is 0.486 e. The Morgan fingerprint density at radius 2 is 1.74 bits per heavy atom. The van der Waals surface area contributed by atoms with Crippen LogP contribution in [0, 0.1) is 6.92 Å². The second kappa shape index (κ2) is 6.12. The Kier molecular flexibility index (Phi) is 4.17. The number of anilines is 1. The zero-order valence-corrected chi connectivity index (χ0v) is 13.9. The Bertz CT molecular complexity index is 830. The van der Waals surface area contributed by atoms with Crippen LogP contribution >= 0.6 is 0 Å². The van der Waals surface area contributed by atoms with Crippen molar-refractivity contribution in [2.45, 2.75) is 25.2 Å². The molecule has 122 valence electrons. The maximum absolute atomic E-state index is 12.8. The minimum Gasteiger partial charge on any atom is -0.486 e. The minimum atomic E-state index is -3.70. The molecule has 0 spiro atoms. The number of benzene rings is 2. The average molecular weight is 333 g/mol. The lowest BCUT2D eigenvalue weighted by Crippen LogP contribution is -2.19. The average Bonchev–Trinajstić information content (AvgIpc) is 2.54. The predicted molar refractivity (Wildman–Crippen MR) is 88.8 cm³/mol. The summed E-state index contributed by atoms with van der Waals surface area (Å²) >= 11 is 0. The number of para-hydroxylation sites is 1. The van der Waals surface area contributed by atoms with E-state index in [0.717, 1.165) is 12.0 Å². The quantitative estimate of drug-likeness (QED) is 0.933. The first-order valence-electron chi connectivity index (χ1n) is 7.52. The molecule has 1 N–H and O–H groups in total. The zero-order valence-electron chi connectivity index (χ0n) is 13.1. The van der Waals surface area contributed by atoms with Crippen molar-refractivity contribution < 1.29 is 17.9 Å². The van der Waals surface area contributed by atoms with Crippen molar-refractivity contribution in [3.63, 3.8) is 0 Å². The third kappa shape index (κ3) is 3.12. The first kappa shape index (κ1) is 15.7. The standard InChI is InChI=1S/C17H19NO4S/c1-3-13-6-4-5-7-14(13)18-23(19,20)17-11-16-15(10-12(17)2)21-8-9-22-16/h4-7,10-11,18H,3,8-9H2,1-2H3. The van der Waals surface area contributed by atoms with Gasteiger partial charge in [0.1, 0.15) is 13.2 Å². The number of hydrogen-bond donors (Lipinski definition) is 1. The summed E-state index contributed by atoms with van der Waals surface area (Å²) in [6, 6.07) is 10.6. The molecule has 0 unspecified atom stereocenters. The van der Waals surface area contributed by atoms with E-state index in [2.05, 4.69) is 4.72 Å². The number of nitrogens with one attached hydrogen (secondary N) is 1. The molecule has 23 heavy (non-hydrogen) atoms. The van der Waals surface area contributed by atoms with Crippen molar-refractivity contribution in [3.05, 3.63) is 47.5 Å². The lowest BCUT2D eigenvalue weighted by atomic mass is 10.1. The highest BCUT2D eigenvalue weighted by Crippen LogP contribution is 2.35. The third-order valence-corrected chi connectivity index (χ3v) is 5.28. The molecule has 0 aliphatic carbocycles. The molecule has 0 saturated heterocycles. The van der Waals surface area contributed by atoms with Gasteiger partial charge in [-0.25, -0.2) is 8.42 Å². The number of fused-ring (bicyclic) bond motifs is 1. The molecular weight excluding hydrogens is 314 g/mol. The van der Waals surface area contributed by atoms with Gasteiger partial charge in [-0.15, -0.1) is 0 Å². The van der Waals surface area contributed by atoms with E-state index in [-0.39, 0.29) is 4.90 Å². The Hall–Kier alpha value is -2.21. The van der Waals surface area contributed by atoms with Crippen LogP contribution < -0.4 is 14.2 Å². The monoisotopic (exact) mass is 333 g/mol. The van der Waals surface area contributed by atoms with E-state index in [9.17, 15) is 8.42 Å². The van der Waals surface area contributed by atoms with E-state index in [0.29, 0.717) is 36.0 Å². The summed E-state index contributed by atoms with van der Waals surface area (Å²) in [5.41, 5.74) is 2.17. The minimum absolute atomic E-state index is 0.202. The molecular formula is C17H19NO4S. The van der Waals surface area contributed by atoms with Crippen LogP contribution in [0.25, 0.3) is 0 Å². The number of sulfonamides is 1. The van der Waals surface area contributed by atoms with Crippen LogP contribution in [-0.2, 0) is 16.4 Å². The molecule has 2 aromatic rings. The molecule has 1 aliphatic rings. The topological polar surface area (TPSA) is 64.6 Å². The second-order valence-electron chi connectivity index (χ2n) is 5.38. The van der Waals surface area contributed by atoms with Gasteiger partial charge in [-0.1, -0.05) is 25.1 Å². The normalized spacial score (nSPS) is 13.7. The Balaban J connectivity index is 2.00. The molecule has 0 bridgehead atoms. The van der Waals surface area contributed by atoms with Crippen molar-refractivity contribution in [2.75, 3.05) is 17.9 Å². The van der Waals surface area contributed by atoms with Crippen LogP contribution in [0.15, 0.2) is 41.3 Å². The van der Waals surface area contributed by atoms with Gasteiger partial charge in [0.05, 0.1) is 10.6 Å². The molecule has 0 fully saturated rings. The number of rotatable bonds is 4. The molecule has 0 atom stereocenters. The van der Waals surface area contributed by atoms with E-state index < -0.39 is 10.0 Å². The smallest absolute Gasteiger partial charge is 0.262 e. The SMILES string of the molecule is CCc1ccccc1NS(=O)(=O)c1cc2c(cc1C)OCCO2. The van der Waals surface area contributed by atoms with Gasteiger partial charge in [0.25, 0.3) is 10.0 Å². The van der Waals surface area contributed by atoms with Crippen LogP contribution in [-0.4, -0.2) is 21.6 Å². The summed E-state index contributed by atoms with van der Waals surface area (Å²) in [6.07, 6.45) is 0.749. The van der Waals surface area contributed by atoms with Crippen molar-refractivity contribution in [3.8, 4) is 11.5 Å². The summed E-state index contributed by atoms with van der Waals surface area (Å²) in [7, 11) is -3.70. The van der Waals surface area contributed by atoms with Gasteiger partial charge in [0.15, 0.2) is 11.5 Å². The summed E-state index contributed by atoms with van der Waals surface area (Å²) < 4.78 is 39.2. The fraction of sp³-hybridized carbons (Fsp3) is 0.294. The summed E-state index contributed by atoms with van der Waals surface area (Å²) in [4.78, 5) is 0.202. The highest BCUT2D eigenvalue weighted by atomic mass is 32.2. The van der Waals surface area contributed by atoms with Crippen LogP contribution in [0.4, 0.5) is 5.69 Å². The zero-order chi connectivity index (χ0) is 16.4. The van der Waals surface area contributed by atoms with Gasteiger partial charge in [0, 0.05) is 6.07 Å². The lowest BCUT2D eigenvalue weighted by molar-refractivity contribution is 0.171. The molecule has 6 heteroatoms. The van der Waals surface area contributed by atoms with E-state index >= 15 is 0 Å². The van der Waals surface area contributed by atoms with Gasteiger partial charge in [-0.3, -0.25) is 4.72 Å². The van der Waals surface area contributed by atoms with Crippen molar-refractivity contribution in [2.24, 2.45) is 0 Å².